The van der Waals surface area contributed by atoms with Crippen molar-refractivity contribution in [3.63, 3.8) is 0 Å². The van der Waals surface area contributed by atoms with E-state index in [1.54, 1.807) is 4.40 Å². The number of benzene rings is 5. The molecule has 40 heavy (non-hydrogen) atoms. The van der Waals surface area contributed by atoms with E-state index < -0.39 is 0 Å². The van der Waals surface area contributed by atoms with Crippen molar-refractivity contribution >= 4 is 38.5 Å². The number of aromatic nitrogens is 3. The van der Waals surface area contributed by atoms with Gasteiger partial charge in [0.05, 0.1) is 5.52 Å². The fourth-order valence-corrected chi connectivity index (χ4v) is 5.56. The third-order valence-electron chi connectivity index (χ3n) is 7.49. The van der Waals surface area contributed by atoms with Crippen molar-refractivity contribution in [2.75, 3.05) is 0 Å². The minimum Gasteiger partial charge on any atom is -0.456 e. The fraction of sp³-hybridized carbons (Fsp3) is 0. The molecule has 3 heterocycles. The average molecular weight is 516 g/mol. The molecular formula is C35H21N3O2. The maximum Gasteiger partial charge on any atom is 0.355 e. The van der Waals surface area contributed by atoms with Crippen LogP contribution in [0.1, 0.15) is 0 Å². The maximum atomic E-state index is 13.3. The van der Waals surface area contributed by atoms with Gasteiger partial charge in [0.1, 0.15) is 16.8 Å². The first-order chi connectivity index (χ1) is 19.7. The summed E-state index contributed by atoms with van der Waals surface area (Å²) in [7, 11) is 0. The molecule has 0 aliphatic rings. The number of hydrogen-bond donors (Lipinski definition) is 0. The van der Waals surface area contributed by atoms with Crippen molar-refractivity contribution in [2.45, 2.75) is 0 Å². The molecule has 188 valence electrons. The van der Waals surface area contributed by atoms with E-state index in [0.29, 0.717) is 11.5 Å². The second-order valence-corrected chi connectivity index (χ2v) is 9.85. The van der Waals surface area contributed by atoms with Crippen LogP contribution in [0.2, 0.25) is 0 Å². The molecule has 0 N–H and O–H groups in total. The average Bonchev–Trinajstić information content (AvgIpc) is 3.39. The Morgan fingerprint density at radius 3 is 2.15 bits per heavy atom. The summed E-state index contributed by atoms with van der Waals surface area (Å²) in [5.74, 6) is 0.381. The topological polar surface area (TPSA) is 60.4 Å². The van der Waals surface area contributed by atoms with Gasteiger partial charge in [0.25, 0.3) is 0 Å². The Hall–Kier alpha value is -5.55. The second-order valence-electron chi connectivity index (χ2n) is 9.85. The molecule has 0 aliphatic heterocycles. The molecule has 0 aliphatic carbocycles. The third kappa shape index (κ3) is 3.52. The zero-order valence-corrected chi connectivity index (χ0v) is 21.3. The van der Waals surface area contributed by atoms with E-state index >= 15 is 0 Å². The number of furan rings is 1. The van der Waals surface area contributed by atoms with Crippen LogP contribution in [0, 0.1) is 0 Å². The first-order valence-corrected chi connectivity index (χ1v) is 13.1. The number of para-hydroxylation sites is 1. The summed E-state index contributed by atoms with van der Waals surface area (Å²) in [6.07, 6.45) is 0. The molecule has 0 unspecified atom stereocenters. The predicted molar refractivity (Wildman–Crippen MR) is 160 cm³/mol. The van der Waals surface area contributed by atoms with E-state index in [1.165, 1.54) is 11.1 Å². The minimum atomic E-state index is -0.360. The molecule has 5 aromatic carbocycles. The number of pyridine rings is 1. The normalized spacial score (nSPS) is 11.6. The zero-order valence-electron chi connectivity index (χ0n) is 21.3. The first kappa shape index (κ1) is 22.4. The van der Waals surface area contributed by atoms with Gasteiger partial charge in [0, 0.05) is 16.3 Å². The summed E-state index contributed by atoms with van der Waals surface area (Å²) in [5, 5.41) is 2.81. The van der Waals surface area contributed by atoms with Gasteiger partial charge in [0.2, 0.25) is 0 Å². The summed E-state index contributed by atoms with van der Waals surface area (Å²) in [6, 6.07) is 42.5. The van der Waals surface area contributed by atoms with Gasteiger partial charge in [-0.3, -0.25) is 0 Å². The van der Waals surface area contributed by atoms with Gasteiger partial charge in [-0.25, -0.2) is 14.2 Å². The molecule has 8 rings (SSSR count). The van der Waals surface area contributed by atoms with Gasteiger partial charge in [-0.1, -0.05) is 91.0 Å². The lowest BCUT2D eigenvalue weighted by molar-refractivity contribution is 0.669. The van der Waals surface area contributed by atoms with E-state index in [2.05, 4.69) is 65.6 Å². The SMILES string of the molecule is O=c1nc(-c2cccc3oc4ccc(-c5ccc(-c6ccccc6)cc5)cc4c23)nc2ccc3ccccc3n12. The number of fused-ring (bicyclic) bond motifs is 6. The van der Waals surface area contributed by atoms with Crippen molar-refractivity contribution in [3.05, 3.63) is 138 Å². The Kier molecular flexibility index (Phi) is 4.91. The number of nitrogens with zero attached hydrogens (tertiary/aromatic N) is 3. The summed E-state index contributed by atoms with van der Waals surface area (Å²) in [4.78, 5) is 22.5. The van der Waals surface area contributed by atoms with Gasteiger partial charge < -0.3 is 4.42 Å². The lowest BCUT2D eigenvalue weighted by atomic mass is 9.98. The fourth-order valence-electron chi connectivity index (χ4n) is 5.56. The highest BCUT2D eigenvalue weighted by molar-refractivity contribution is 6.12. The van der Waals surface area contributed by atoms with Crippen LogP contribution in [-0.2, 0) is 0 Å². The Morgan fingerprint density at radius 2 is 1.30 bits per heavy atom. The van der Waals surface area contributed by atoms with E-state index in [-0.39, 0.29) is 5.69 Å². The number of rotatable bonds is 3. The Bertz CT molecular complexity index is 2280. The van der Waals surface area contributed by atoms with Gasteiger partial charge in [-0.15, -0.1) is 0 Å². The Morgan fingerprint density at radius 1 is 0.575 bits per heavy atom. The monoisotopic (exact) mass is 515 g/mol. The third-order valence-corrected chi connectivity index (χ3v) is 7.49. The van der Waals surface area contributed by atoms with Crippen molar-refractivity contribution in [3.8, 4) is 33.6 Å². The van der Waals surface area contributed by atoms with Crippen LogP contribution in [-0.4, -0.2) is 14.4 Å². The van der Waals surface area contributed by atoms with Crippen LogP contribution in [0.3, 0.4) is 0 Å². The van der Waals surface area contributed by atoms with Crippen LogP contribution in [0.15, 0.2) is 137 Å². The van der Waals surface area contributed by atoms with Gasteiger partial charge in [-0.05, 0) is 64.0 Å². The lowest BCUT2D eigenvalue weighted by Crippen LogP contribution is -2.19. The molecule has 5 nitrogen and oxygen atoms in total. The summed E-state index contributed by atoms with van der Waals surface area (Å²) in [5.41, 5.74) is 7.80. The molecule has 0 saturated carbocycles. The van der Waals surface area contributed by atoms with Gasteiger partial charge in [-0.2, -0.15) is 4.98 Å². The van der Waals surface area contributed by atoms with E-state index in [1.807, 2.05) is 66.7 Å². The maximum absolute atomic E-state index is 13.3. The van der Waals surface area contributed by atoms with Crippen LogP contribution in [0.25, 0.3) is 72.1 Å². The van der Waals surface area contributed by atoms with E-state index in [9.17, 15) is 4.79 Å². The summed E-state index contributed by atoms with van der Waals surface area (Å²) >= 11 is 0. The van der Waals surface area contributed by atoms with Crippen LogP contribution in [0.5, 0.6) is 0 Å². The van der Waals surface area contributed by atoms with E-state index in [0.717, 1.165) is 49.5 Å². The smallest absolute Gasteiger partial charge is 0.355 e. The Balaban J connectivity index is 1.29. The molecule has 3 aromatic heterocycles. The minimum absolute atomic E-state index is 0.360. The first-order valence-electron chi connectivity index (χ1n) is 13.1. The largest absolute Gasteiger partial charge is 0.456 e. The molecule has 5 heteroatoms. The van der Waals surface area contributed by atoms with Crippen molar-refractivity contribution < 1.29 is 4.42 Å². The molecule has 0 bridgehead atoms. The second kappa shape index (κ2) is 8.75. The molecule has 0 spiro atoms. The van der Waals surface area contributed by atoms with Crippen molar-refractivity contribution in [1.82, 2.24) is 14.4 Å². The molecule has 0 atom stereocenters. The van der Waals surface area contributed by atoms with Crippen molar-refractivity contribution in [1.29, 1.82) is 0 Å². The van der Waals surface area contributed by atoms with Crippen LogP contribution < -0.4 is 5.69 Å². The molecule has 0 radical (unpaired) electrons. The van der Waals surface area contributed by atoms with Crippen molar-refractivity contribution in [2.24, 2.45) is 0 Å². The highest BCUT2D eigenvalue weighted by atomic mass is 16.3. The van der Waals surface area contributed by atoms with Gasteiger partial charge >= 0.3 is 5.69 Å². The van der Waals surface area contributed by atoms with Gasteiger partial charge in [0.15, 0.2) is 5.82 Å². The summed E-state index contributed by atoms with van der Waals surface area (Å²) in [6.45, 7) is 0. The predicted octanol–water partition coefficient (Wildman–Crippen LogP) is 8.14. The molecular weight excluding hydrogens is 494 g/mol. The molecule has 0 amide bonds. The summed E-state index contributed by atoms with van der Waals surface area (Å²) < 4.78 is 7.78. The highest BCUT2D eigenvalue weighted by Gasteiger charge is 2.17. The van der Waals surface area contributed by atoms with Crippen LogP contribution in [0.4, 0.5) is 0 Å². The Labute approximate surface area is 228 Å². The highest BCUT2D eigenvalue weighted by Crippen LogP contribution is 2.37. The van der Waals surface area contributed by atoms with E-state index in [4.69, 9.17) is 9.40 Å². The van der Waals surface area contributed by atoms with Crippen LogP contribution >= 0.6 is 0 Å². The lowest BCUT2D eigenvalue weighted by Gasteiger charge is -2.08. The zero-order chi connectivity index (χ0) is 26.6. The standard InChI is InChI=1S/C35H21N3O2/c39-35-37-34(36-32-20-18-25-9-4-5-11-29(25)38(32)35)27-10-6-12-31-33(27)28-21-26(17-19-30(28)40-31)24-15-13-23(14-16-24)22-7-2-1-3-8-22/h1-21H. The molecule has 0 fully saturated rings. The quantitative estimate of drug-likeness (QED) is 0.223. The molecule has 8 aromatic rings. The molecule has 0 saturated heterocycles. The number of hydrogen-bond acceptors (Lipinski definition) is 4.